The van der Waals surface area contributed by atoms with Crippen molar-refractivity contribution < 1.29 is 4.74 Å². The summed E-state index contributed by atoms with van der Waals surface area (Å²) in [6, 6.07) is 0. The van der Waals surface area contributed by atoms with Crippen LogP contribution in [0.5, 0.6) is 0 Å². The molecule has 0 aliphatic carbocycles. The van der Waals surface area contributed by atoms with Gasteiger partial charge in [0.2, 0.25) is 0 Å². The van der Waals surface area contributed by atoms with Crippen molar-refractivity contribution in [3.63, 3.8) is 0 Å². The molecule has 66 valence electrons. The summed E-state index contributed by atoms with van der Waals surface area (Å²) in [6.07, 6.45) is 0. The SMILES string of the molecule is CCOCC(C)(Br)Br.N.N. The van der Waals surface area contributed by atoms with Crippen molar-refractivity contribution in [3.8, 4) is 0 Å². The minimum atomic E-state index is -0.0456. The van der Waals surface area contributed by atoms with E-state index in [-0.39, 0.29) is 15.5 Å². The predicted molar refractivity (Wildman–Crippen MR) is 52.8 cm³/mol. The molecular weight excluding hydrogens is 264 g/mol. The Morgan fingerprint density at radius 3 is 1.80 bits per heavy atom. The molecule has 10 heavy (non-hydrogen) atoms. The van der Waals surface area contributed by atoms with E-state index in [4.69, 9.17) is 4.74 Å². The molecule has 0 aliphatic heterocycles. The Hall–Kier alpha value is 0.840. The van der Waals surface area contributed by atoms with Crippen LogP contribution in [-0.4, -0.2) is 16.4 Å². The van der Waals surface area contributed by atoms with Crippen LogP contribution in [-0.2, 0) is 4.74 Å². The van der Waals surface area contributed by atoms with E-state index >= 15 is 0 Å². The molecule has 0 radical (unpaired) electrons. The quantitative estimate of drug-likeness (QED) is 0.780. The third kappa shape index (κ3) is 15.9. The van der Waals surface area contributed by atoms with E-state index in [2.05, 4.69) is 31.9 Å². The third-order valence-electron chi connectivity index (χ3n) is 0.560. The molecule has 0 saturated heterocycles. The van der Waals surface area contributed by atoms with E-state index in [0.29, 0.717) is 6.61 Å². The summed E-state index contributed by atoms with van der Waals surface area (Å²) in [4.78, 5) is 0. The number of hydrogen-bond acceptors (Lipinski definition) is 3. The van der Waals surface area contributed by atoms with Gasteiger partial charge in [0.05, 0.1) is 6.61 Å². The number of halogens is 2. The van der Waals surface area contributed by atoms with E-state index in [1.165, 1.54) is 0 Å². The number of hydrogen-bond donors (Lipinski definition) is 2. The smallest absolute Gasteiger partial charge is 0.101 e. The van der Waals surface area contributed by atoms with Gasteiger partial charge in [-0.3, -0.25) is 0 Å². The minimum absolute atomic E-state index is 0. The predicted octanol–water partition coefficient (Wildman–Crippen LogP) is 2.85. The molecule has 0 bridgehead atoms. The van der Waals surface area contributed by atoms with Crippen molar-refractivity contribution in [2.75, 3.05) is 13.2 Å². The Morgan fingerprint density at radius 1 is 1.30 bits per heavy atom. The fraction of sp³-hybridized carbons (Fsp3) is 1.00. The molecule has 3 nitrogen and oxygen atoms in total. The Bertz CT molecular complexity index is 65.2. The maximum atomic E-state index is 5.10. The summed E-state index contributed by atoms with van der Waals surface area (Å²) in [5.41, 5.74) is 0. The summed E-state index contributed by atoms with van der Waals surface area (Å²) in [6.45, 7) is 5.45. The molecule has 0 aliphatic rings. The van der Waals surface area contributed by atoms with Crippen LogP contribution >= 0.6 is 31.9 Å². The standard InChI is InChI=1S/C5H10Br2O.2H3N/c1-3-8-4-5(2,6)7;;/h3-4H2,1-2H3;2*1H3. The van der Waals surface area contributed by atoms with Crippen molar-refractivity contribution in [3.05, 3.63) is 0 Å². The lowest BCUT2D eigenvalue weighted by Gasteiger charge is -2.12. The molecule has 0 spiro atoms. The summed E-state index contributed by atoms with van der Waals surface area (Å²) in [5, 5.41) is 0. The van der Waals surface area contributed by atoms with Crippen molar-refractivity contribution in [1.29, 1.82) is 0 Å². The fourth-order valence-corrected chi connectivity index (χ4v) is 0.605. The van der Waals surface area contributed by atoms with Gasteiger partial charge in [-0.1, -0.05) is 31.9 Å². The van der Waals surface area contributed by atoms with Crippen LogP contribution in [0.1, 0.15) is 13.8 Å². The number of alkyl halides is 2. The van der Waals surface area contributed by atoms with Crippen LogP contribution < -0.4 is 12.3 Å². The van der Waals surface area contributed by atoms with Gasteiger partial charge >= 0.3 is 0 Å². The highest BCUT2D eigenvalue weighted by Crippen LogP contribution is 2.24. The molecule has 5 heteroatoms. The third-order valence-corrected chi connectivity index (χ3v) is 1.02. The molecule has 6 N–H and O–H groups in total. The molecule has 0 atom stereocenters. The minimum Gasteiger partial charge on any atom is -0.379 e. The molecule has 0 amide bonds. The zero-order chi connectivity index (χ0) is 6.62. The first kappa shape index (κ1) is 17.1. The molecule has 0 aromatic carbocycles. The molecule has 0 aromatic heterocycles. The lowest BCUT2D eigenvalue weighted by atomic mass is 10.5. The van der Waals surface area contributed by atoms with Gasteiger partial charge in [0, 0.05) is 6.61 Å². The van der Waals surface area contributed by atoms with Crippen LogP contribution in [0.3, 0.4) is 0 Å². The van der Waals surface area contributed by atoms with E-state index < -0.39 is 0 Å². The summed E-state index contributed by atoms with van der Waals surface area (Å²) in [5.74, 6) is 0. The van der Waals surface area contributed by atoms with Gasteiger partial charge in [0.25, 0.3) is 0 Å². The summed E-state index contributed by atoms with van der Waals surface area (Å²) in [7, 11) is 0. The first-order chi connectivity index (χ1) is 3.56. The van der Waals surface area contributed by atoms with Crippen LogP contribution in [0.4, 0.5) is 0 Å². The van der Waals surface area contributed by atoms with Crippen LogP contribution in [0.2, 0.25) is 0 Å². The maximum absolute atomic E-state index is 5.10. The highest BCUT2D eigenvalue weighted by Gasteiger charge is 2.13. The zero-order valence-corrected chi connectivity index (χ0v) is 9.66. The second kappa shape index (κ2) is 7.94. The van der Waals surface area contributed by atoms with Crippen molar-refractivity contribution >= 4 is 31.9 Å². The highest BCUT2D eigenvalue weighted by molar-refractivity contribution is 9.25. The Morgan fingerprint density at radius 2 is 1.70 bits per heavy atom. The monoisotopic (exact) mass is 278 g/mol. The Balaban J connectivity index is -0.000000245. The lowest BCUT2D eigenvalue weighted by molar-refractivity contribution is 0.148. The van der Waals surface area contributed by atoms with Gasteiger partial charge in [-0.05, 0) is 13.8 Å². The first-order valence-electron chi connectivity index (χ1n) is 2.52. The van der Waals surface area contributed by atoms with Crippen molar-refractivity contribution in [2.24, 2.45) is 0 Å². The van der Waals surface area contributed by atoms with E-state index in [9.17, 15) is 0 Å². The molecule has 0 aromatic rings. The molecular formula is C5H16Br2N2O. The second-order valence-electron chi connectivity index (χ2n) is 1.71. The Labute approximate surface area is 79.3 Å². The fourth-order valence-electron chi connectivity index (χ4n) is 0.281. The topological polar surface area (TPSA) is 79.2 Å². The number of ether oxygens (including phenoxy) is 1. The van der Waals surface area contributed by atoms with Crippen LogP contribution in [0, 0.1) is 0 Å². The average molecular weight is 280 g/mol. The van der Waals surface area contributed by atoms with Gasteiger partial charge in [-0.25, -0.2) is 0 Å². The van der Waals surface area contributed by atoms with E-state index in [1.54, 1.807) is 0 Å². The molecule has 0 fully saturated rings. The van der Waals surface area contributed by atoms with Crippen LogP contribution in [0.15, 0.2) is 0 Å². The Kier molecular flexibility index (Phi) is 13.6. The molecule has 0 heterocycles. The lowest BCUT2D eigenvalue weighted by Crippen LogP contribution is -2.13. The number of rotatable bonds is 3. The zero-order valence-electron chi connectivity index (χ0n) is 6.49. The second-order valence-corrected chi connectivity index (χ2v) is 6.27. The molecule has 0 saturated carbocycles. The van der Waals surface area contributed by atoms with Crippen molar-refractivity contribution in [1.82, 2.24) is 12.3 Å². The van der Waals surface area contributed by atoms with E-state index in [1.807, 2.05) is 13.8 Å². The van der Waals surface area contributed by atoms with E-state index in [0.717, 1.165) is 6.61 Å². The van der Waals surface area contributed by atoms with Gasteiger partial charge < -0.3 is 17.0 Å². The van der Waals surface area contributed by atoms with Gasteiger partial charge in [-0.15, -0.1) is 0 Å². The summed E-state index contributed by atoms with van der Waals surface area (Å²) >= 11 is 6.74. The average Bonchev–Trinajstić information content (AvgIpc) is 1.59. The first-order valence-corrected chi connectivity index (χ1v) is 4.10. The maximum Gasteiger partial charge on any atom is 0.101 e. The highest BCUT2D eigenvalue weighted by atomic mass is 79.9. The van der Waals surface area contributed by atoms with Crippen molar-refractivity contribution in [2.45, 2.75) is 17.1 Å². The molecule has 0 unspecified atom stereocenters. The van der Waals surface area contributed by atoms with Crippen LogP contribution in [0.25, 0.3) is 0 Å². The largest absolute Gasteiger partial charge is 0.379 e. The van der Waals surface area contributed by atoms with Gasteiger partial charge in [0.15, 0.2) is 0 Å². The van der Waals surface area contributed by atoms with Gasteiger partial charge in [0.1, 0.15) is 3.23 Å². The normalized spacial score (nSPS) is 9.60. The summed E-state index contributed by atoms with van der Waals surface area (Å²) < 4.78 is 5.06. The molecule has 0 rings (SSSR count). The van der Waals surface area contributed by atoms with Gasteiger partial charge in [-0.2, -0.15) is 0 Å².